The molecule has 0 bridgehead atoms. The molecule has 6 nitrogen and oxygen atoms in total. The van der Waals surface area contributed by atoms with Crippen LogP contribution in [0.3, 0.4) is 0 Å². The van der Waals surface area contributed by atoms with E-state index in [1.165, 1.54) is 51.7 Å². The fourth-order valence-electron chi connectivity index (χ4n) is 4.66. The van der Waals surface area contributed by atoms with Crippen LogP contribution < -0.4 is 10.1 Å². The minimum atomic E-state index is -5.11. The lowest BCUT2D eigenvalue weighted by atomic mass is 10.0. The van der Waals surface area contributed by atoms with E-state index in [2.05, 4.69) is 21.3 Å². The van der Waals surface area contributed by atoms with Crippen molar-refractivity contribution in [2.24, 2.45) is 0 Å². The van der Waals surface area contributed by atoms with Crippen molar-refractivity contribution in [1.29, 1.82) is 0 Å². The van der Waals surface area contributed by atoms with Gasteiger partial charge in [-0.2, -0.15) is 8.78 Å². The van der Waals surface area contributed by atoms with Gasteiger partial charge in [0.25, 0.3) is 11.8 Å². The number of carbonyl (C=O) groups is 1. The molecule has 3 rings (SSSR count). The van der Waals surface area contributed by atoms with Crippen LogP contribution in [0.25, 0.3) is 11.1 Å². The number of carbonyl (C=O) groups excluding carboxylic acids is 1. The molecule has 0 radical (unpaired) electrons. The van der Waals surface area contributed by atoms with Crippen molar-refractivity contribution < 1.29 is 40.7 Å². The molecule has 0 saturated heterocycles. The predicted molar refractivity (Wildman–Crippen MR) is 169 cm³/mol. The number of hydrogen-bond donors (Lipinski definition) is 1. The van der Waals surface area contributed by atoms with E-state index in [0.29, 0.717) is 12.2 Å². The molecule has 1 amide bonds. The fourth-order valence-corrected chi connectivity index (χ4v) is 6.19. The maximum absolute atomic E-state index is 14.8. The molecular formula is C34H42F4NO5P. The molecule has 0 aliphatic carbocycles. The standard InChI is InChI=1S/C34H42F4NO5P/c1-4-7-8-9-10-11-24-42-31-22-16-27(17-23-31)26-12-14-28(15-13-26)32(40)39-30-20-18-29(19-21-30)33(35,36)25-34(37,38)45(41,43-5-2)44-6-3/h12-23H,4-11,24-25H2,1-3H3,(H,39,40). The van der Waals surface area contributed by atoms with E-state index in [-0.39, 0.29) is 5.69 Å². The van der Waals surface area contributed by atoms with E-state index in [4.69, 9.17) is 4.74 Å². The molecule has 45 heavy (non-hydrogen) atoms. The summed E-state index contributed by atoms with van der Waals surface area (Å²) in [5.74, 6) is -3.72. The molecule has 3 aromatic carbocycles. The van der Waals surface area contributed by atoms with Crippen LogP contribution in [0.2, 0.25) is 0 Å². The van der Waals surface area contributed by atoms with Gasteiger partial charge in [-0.05, 0) is 67.8 Å². The van der Waals surface area contributed by atoms with Crippen molar-refractivity contribution in [3.63, 3.8) is 0 Å². The summed E-state index contributed by atoms with van der Waals surface area (Å²) in [6.45, 7) is 4.73. The Morgan fingerprint density at radius 3 is 1.82 bits per heavy atom. The number of amides is 1. The fraction of sp³-hybridized carbons (Fsp3) is 0.441. The van der Waals surface area contributed by atoms with E-state index in [9.17, 15) is 26.9 Å². The number of nitrogens with one attached hydrogen (secondary N) is 1. The SMILES string of the molecule is CCCCCCCCOc1ccc(-c2ccc(C(=O)Nc3ccc(C(F)(F)CC(F)(F)P(=O)(OCC)OCC)cc3)cc2)cc1. The first kappa shape index (κ1) is 36.3. The zero-order chi connectivity index (χ0) is 32.9. The van der Waals surface area contributed by atoms with Gasteiger partial charge in [-0.15, -0.1) is 0 Å². The first-order valence-electron chi connectivity index (χ1n) is 15.3. The third-order valence-corrected chi connectivity index (χ3v) is 9.26. The summed E-state index contributed by atoms with van der Waals surface area (Å²) < 4.78 is 86.5. The van der Waals surface area contributed by atoms with Gasteiger partial charge in [0.05, 0.1) is 26.2 Å². The third kappa shape index (κ3) is 10.4. The summed E-state index contributed by atoms with van der Waals surface area (Å²) in [4.78, 5) is 12.8. The molecule has 1 N–H and O–H groups in total. The van der Waals surface area contributed by atoms with Crippen molar-refractivity contribution in [2.45, 2.75) is 77.3 Å². The van der Waals surface area contributed by atoms with Gasteiger partial charge in [0.15, 0.2) is 0 Å². The lowest BCUT2D eigenvalue weighted by Gasteiger charge is -2.29. The first-order valence-corrected chi connectivity index (χ1v) is 16.9. The molecule has 0 spiro atoms. The van der Waals surface area contributed by atoms with Gasteiger partial charge in [0.1, 0.15) is 5.75 Å². The molecule has 0 aliphatic heterocycles. The molecule has 0 aromatic heterocycles. The largest absolute Gasteiger partial charge is 0.494 e. The number of halogens is 4. The molecule has 0 fully saturated rings. The van der Waals surface area contributed by atoms with Crippen molar-refractivity contribution in [3.05, 3.63) is 83.9 Å². The quantitative estimate of drug-likeness (QED) is 0.0793. The van der Waals surface area contributed by atoms with Crippen LogP contribution in [0.1, 0.15) is 81.6 Å². The molecule has 0 saturated carbocycles. The Morgan fingerprint density at radius 1 is 0.733 bits per heavy atom. The molecule has 0 atom stereocenters. The average Bonchev–Trinajstić information content (AvgIpc) is 3.01. The van der Waals surface area contributed by atoms with Gasteiger partial charge in [0, 0.05) is 16.8 Å². The van der Waals surface area contributed by atoms with Crippen LogP contribution >= 0.6 is 7.60 Å². The molecule has 3 aromatic rings. The van der Waals surface area contributed by atoms with Crippen LogP contribution in [0.5, 0.6) is 5.75 Å². The minimum absolute atomic E-state index is 0.196. The van der Waals surface area contributed by atoms with Gasteiger partial charge < -0.3 is 19.1 Å². The van der Waals surface area contributed by atoms with Gasteiger partial charge in [0.2, 0.25) is 0 Å². The number of benzene rings is 3. The van der Waals surface area contributed by atoms with Crippen molar-refractivity contribution in [2.75, 3.05) is 25.1 Å². The number of hydrogen-bond acceptors (Lipinski definition) is 5. The molecule has 0 heterocycles. The van der Waals surface area contributed by atoms with Gasteiger partial charge in [-0.25, -0.2) is 8.78 Å². The van der Waals surface area contributed by atoms with E-state index < -0.39 is 50.3 Å². The van der Waals surface area contributed by atoms with E-state index in [0.717, 1.165) is 41.9 Å². The highest BCUT2D eigenvalue weighted by Gasteiger charge is 2.58. The van der Waals surface area contributed by atoms with Crippen LogP contribution in [0.4, 0.5) is 23.2 Å². The summed E-state index contributed by atoms with van der Waals surface area (Å²) in [6, 6.07) is 18.9. The zero-order valence-corrected chi connectivity index (χ0v) is 26.9. The normalized spacial score (nSPS) is 12.2. The monoisotopic (exact) mass is 651 g/mol. The molecule has 0 unspecified atom stereocenters. The van der Waals surface area contributed by atoms with Gasteiger partial charge in [-0.1, -0.05) is 75.4 Å². The molecular weight excluding hydrogens is 609 g/mol. The number of alkyl halides is 4. The zero-order valence-electron chi connectivity index (χ0n) is 26.0. The Labute approximate surface area is 263 Å². The highest BCUT2D eigenvalue weighted by molar-refractivity contribution is 7.55. The van der Waals surface area contributed by atoms with Gasteiger partial charge in [-0.3, -0.25) is 9.36 Å². The highest BCUT2D eigenvalue weighted by Crippen LogP contribution is 2.65. The van der Waals surface area contributed by atoms with E-state index >= 15 is 0 Å². The third-order valence-electron chi connectivity index (χ3n) is 7.10. The topological polar surface area (TPSA) is 73.9 Å². The summed E-state index contributed by atoms with van der Waals surface area (Å²) in [6.07, 6.45) is 5.13. The number of anilines is 1. The number of ether oxygens (including phenoxy) is 1. The lowest BCUT2D eigenvalue weighted by Crippen LogP contribution is -2.29. The Bertz CT molecular complexity index is 1370. The number of unbranched alkanes of at least 4 members (excludes halogenated alkanes) is 5. The maximum atomic E-state index is 14.8. The number of rotatable bonds is 19. The smallest absolute Gasteiger partial charge is 0.399 e. The Balaban J connectivity index is 1.56. The lowest BCUT2D eigenvalue weighted by molar-refractivity contribution is -0.0885. The van der Waals surface area contributed by atoms with E-state index in [1.54, 1.807) is 24.3 Å². The second kappa shape index (κ2) is 16.9. The second-order valence-electron chi connectivity index (χ2n) is 10.6. The highest BCUT2D eigenvalue weighted by atomic mass is 31.2. The van der Waals surface area contributed by atoms with Crippen LogP contribution in [-0.2, 0) is 19.5 Å². The second-order valence-corrected chi connectivity index (χ2v) is 12.8. The van der Waals surface area contributed by atoms with Gasteiger partial charge >= 0.3 is 13.3 Å². The Hall–Kier alpha value is -3.20. The van der Waals surface area contributed by atoms with Crippen molar-refractivity contribution in [3.8, 4) is 16.9 Å². The summed E-state index contributed by atoms with van der Waals surface area (Å²) >= 11 is 0. The van der Waals surface area contributed by atoms with Crippen molar-refractivity contribution in [1.82, 2.24) is 0 Å². The average molecular weight is 652 g/mol. The Morgan fingerprint density at radius 2 is 1.27 bits per heavy atom. The maximum Gasteiger partial charge on any atom is 0.399 e. The molecule has 246 valence electrons. The van der Waals surface area contributed by atoms with Crippen LogP contribution in [0, 0.1) is 0 Å². The Kier molecular flexibility index (Phi) is 13.6. The van der Waals surface area contributed by atoms with E-state index in [1.807, 2.05) is 24.3 Å². The molecule has 11 heteroatoms. The minimum Gasteiger partial charge on any atom is -0.494 e. The van der Waals surface area contributed by atoms with Crippen LogP contribution in [0.15, 0.2) is 72.8 Å². The summed E-state index contributed by atoms with van der Waals surface area (Å²) in [5, 5.41) is 2.61. The summed E-state index contributed by atoms with van der Waals surface area (Å²) in [5.41, 5.74) is -2.77. The molecule has 0 aliphatic rings. The summed E-state index contributed by atoms with van der Waals surface area (Å²) in [7, 11) is -5.11. The predicted octanol–water partition coefficient (Wildman–Crippen LogP) is 10.7. The van der Waals surface area contributed by atoms with Crippen LogP contribution in [-0.4, -0.2) is 31.4 Å². The first-order chi connectivity index (χ1) is 21.4. The van der Waals surface area contributed by atoms with Crippen molar-refractivity contribution >= 4 is 19.2 Å².